The number of aromatic nitrogens is 5. The van der Waals surface area contributed by atoms with Gasteiger partial charge in [0, 0.05) is 31.7 Å². The van der Waals surface area contributed by atoms with Crippen molar-refractivity contribution in [1.29, 1.82) is 0 Å². The summed E-state index contributed by atoms with van der Waals surface area (Å²) < 4.78 is 2.14. The van der Waals surface area contributed by atoms with Gasteiger partial charge in [0.2, 0.25) is 0 Å². The summed E-state index contributed by atoms with van der Waals surface area (Å²) in [4.78, 5) is 4.43. The molecule has 0 spiro atoms. The molecule has 3 atom stereocenters. The molecule has 0 bridgehead atoms. The summed E-state index contributed by atoms with van der Waals surface area (Å²) in [5.41, 5.74) is 1.24. The summed E-state index contributed by atoms with van der Waals surface area (Å²) >= 11 is 0. The molecule has 25 heavy (non-hydrogen) atoms. The van der Waals surface area contributed by atoms with Gasteiger partial charge in [0.25, 0.3) is 0 Å². The van der Waals surface area contributed by atoms with Gasteiger partial charge in [-0.25, -0.2) is 4.98 Å². The fraction of sp³-hybridized carbons (Fsp3) is 0.722. The molecule has 136 valence electrons. The van der Waals surface area contributed by atoms with E-state index >= 15 is 0 Å². The second-order valence-electron chi connectivity index (χ2n) is 7.71. The molecule has 0 aromatic carbocycles. The average molecular weight is 344 g/mol. The number of nitrogens with zero attached hydrogens (tertiary/aromatic N) is 4. The number of aromatic amines is 1. The third-order valence-electron chi connectivity index (χ3n) is 5.81. The van der Waals surface area contributed by atoms with Crippen molar-refractivity contribution in [2.45, 2.75) is 64.1 Å². The number of hydrogen-bond acceptors (Lipinski definition) is 5. The van der Waals surface area contributed by atoms with E-state index in [9.17, 15) is 5.11 Å². The van der Waals surface area contributed by atoms with Crippen LogP contribution in [0.4, 0.5) is 0 Å². The molecule has 0 amide bonds. The van der Waals surface area contributed by atoms with Gasteiger partial charge in [0.15, 0.2) is 5.82 Å². The maximum absolute atomic E-state index is 10.4. The Kier molecular flexibility index (Phi) is 4.85. The van der Waals surface area contributed by atoms with Crippen molar-refractivity contribution >= 4 is 0 Å². The predicted octanol–water partition coefficient (Wildman–Crippen LogP) is 1.75. The van der Waals surface area contributed by atoms with Crippen molar-refractivity contribution in [3.05, 3.63) is 29.6 Å². The number of aliphatic hydroxyl groups is 1. The van der Waals surface area contributed by atoms with Gasteiger partial charge in [0.05, 0.1) is 11.8 Å². The van der Waals surface area contributed by atoms with Crippen LogP contribution in [-0.2, 0) is 13.1 Å². The number of nitrogens with one attached hydrogen (secondary N) is 2. The van der Waals surface area contributed by atoms with Crippen LogP contribution in [0.1, 0.15) is 55.4 Å². The Bertz CT molecular complexity index is 691. The Balaban J connectivity index is 1.26. The van der Waals surface area contributed by atoms with E-state index in [0.29, 0.717) is 0 Å². The minimum Gasteiger partial charge on any atom is -0.393 e. The minimum atomic E-state index is -0.281. The molecule has 0 radical (unpaired) electrons. The third kappa shape index (κ3) is 3.77. The fourth-order valence-corrected chi connectivity index (χ4v) is 4.06. The van der Waals surface area contributed by atoms with E-state index in [1.54, 1.807) is 0 Å². The summed E-state index contributed by atoms with van der Waals surface area (Å²) in [6.45, 7) is 4.58. The quantitative estimate of drug-likeness (QED) is 0.712. The third-order valence-corrected chi connectivity index (χ3v) is 5.81. The van der Waals surface area contributed by atoms with Crippen molar-refractivity contribution in [3.8, 4) is 0 Å². The van der Waals surface area contributed by atoms with Crippen molar-refractivity contribution in [1.82, 2.24) is 30.3 Å². The minimum absolute atomic E-state index is 0.256. The molecule has 0 saturated heterocycles. The van der Waals surface area contributed by atoms with Crippen LogP contribution in [0.3, 0.4) is 0 Å². The highest BCUT2D eigenvalue weighted by atomic mass is 16.3. The molecule has 2 heterocycles. The number of aliphatic hydroxyl groups excluding tert-OH is 1. The zero-order valence-corrected chi connectivity index (χ0v) is 14.9. The largest absolute Gasteiger partial charge is 0.393 e. The second kappa shape index (κ2) is 7.25. The SMILES string of the molecule is Cc1nc([C@H]2C[C@H](CNCc3ccnn3CC3CCC3)[C@H](O)C2)n[nH]1. The lowest BCUT2D eigenvalue weighted by Gasteiger charge is -2.26. The first-order chi connectivity index (χ1) is 12.2. The first kappa shape index (κ1) is 16.7. The molecule has 2 aromatic heterocycles. The lowest BCUT2D eigenvalue weighted by atomic mass is 9.85. The van der Waals surface area contributed by atoms with Crippen LogP contribution in [0.15, 0.2) is 12.3 Å². The molecular weight excluding hydrogens is 316 g/mol. The van der Waals surface area contributed by atoms with Gasteiger partial charge in [-0.1, -0.05) is 6.42 Å². The van der Waals surface area contributed by atoms with E-state index in [1.807, 2.05) is 13.1 Å². The van der Waals surface area contributed by atoms with E-state index in [0.717, 1.165) is 50.0 Å². The van der Waals surface area contributed by atoms with Gasteiger partial charge >= 0.3 is 0 Å². The highest BCUT2D eigenvalue weighted by Crippen LogP contribution is 2.36. The summed E-state index contributed by atoms with van der Waals surface area (Å²) in [5.74, 6) is 3.01. The highest BCUT2D eigenvalue weighted by molar-refractivity contribution is 5.04. The van der Waals surface area contributed by atoms with Crippen LogP contribution in [0.2, 0.25) is 0 Å². The van der Waals surface area contributed by atoms with Crippen LogP contribution in [-0.4, -0.2) is 42.7 Å². The normalized spacial score (nSPS) is 26.9. The summed E-state index contributed by atoms with van der Waals surface area (Å²) in [5, 5.41) is 25.5. The van der Waals surface area contributed by atoms with Gasteiger partial charge in [-0.05, 0) is 50.5 Å². The number of aryl methyl sites for hydroxylation is 1. The molecule has 7 heteroatoms. The molecule has 2 aliphatic rings. The van der Waals surface area contributed by atoms with Gasteiger partial charge < -0.3 is 10.4 Å². The Morgan fingerprint density at radius 3 is 2.96 bits per heavy atom. The van der Waals surface area contributed by atoms with E-state index in [4.69, 9.17) is 0 Å². The molecule has 7 nitrogen and oxygen atoms in total. The van der Waals surface area contributed by atoms with Gasteiger partial charge in [-0.15, -0.1) is 0 Å². The van der Waals surface area contributed by atoms with E-state index in [2.05, 4.69) is 36.3 Å². The van der Waals surface area contributed by atoms with Crippen molar-refractivity contribution in [2.24, 2.45) is 11.8 Å². The van der Waals surface area contributed by atoms with Crippen LogP contribution in [0.5, 0.6) is 0 Å². The zero-order chi connectivity index (χ0) is 17.2. The number of rotatable bonds is 7. The maximum atomic E-state index is 10.4. The van der Waals surface area contributed by atoms with Crippen molar-refractivity contribution in [3.63, 3.8) is 0 Å². The van der Waals surface area contributed by atoms with Crippen LogP contribution >= 0.6 is 0 Å². The monoisotopic (exact) mass is 344 g/mol. The molecule has 2 aromatic rings. The van der Waals surface area contributed by atoms with Crippen molar-refractivity contribution in [2.75, 3.05) is 6.54 Å². The topological polar surface area (TPSA) is 91.7 Å². The molecule has 4 rings (SSSR count). The standard InChI is InChI=1S/C18H28N6O/c1-12-21-18(23-22-12)14-7-15(17(25)8-14)9-19-10-16-5-6-20-24(16)11-13-3-2-4-13/h5-6,13-15,17,19,25H,2-4,7-11H2,1H3,(H,21,22,23)/t14-,15+,17+/m0/s1. The molecule has 2 fully saturated rings. The molecule has 0 aliphatic heterocycles. The average Bonchev–Trinajstić information content (AvgIpc) is 3.25. The zero-order valence-electron chi connectivity index (χ0n) is 14.9. The van der Waals surface area contributed by atoms with E-state index < -0.39 is 0 Å². The first-order valence-electron chi connectivity index (χ1n) is 9.47. The Morgan fingerprint density at radius 1 is 1.36 bits per heavy atom. The Morgan fingerprint density at radius 2 is 2.24 bits per heavy atom. The summed E-state index contributed by atoms with van der Waals surface area (Å²) in [6, 6.07) is 2.09. The van der Waals surface area contributed by atoms with Crippen LogP contribution < -0.4 is 5.32 Å². The van der Waals surface area contributed by atoms with Crippen LogP contribution in [0, 0.1) is 18.8 Å². The van der Waals surface area contributed by atoms with E-state index in [1.165, 1.54) is 25.0 Å². The Hall–Kier alpha value is -1.73. The highest BCUT2D eigenvalue weighted by Gasteiger charge is 2.35. The first-order valence-corrected chi connectivity index (χ1v) is 9.47. The smallest absolute Gasteiger partial charge is 0.153 e. The van der Waals surface area contributed by atoms with Gasteiger partial charge in [0.1, 0.15) is 5.82 Å². The maximum Gasteiger partial charge on any atom is 0.153 e. The van der Waals surface area contributed by atoms with Crippen LogP contribution in [0.25, 0.3) is 0 Å². The molecule has 2 aliphatic carbocycles. The molecule has 2 saturated carbocycles. The molecular formula is C18H28N6O. The van der Waals surface area contributed by atoms with Crippen molar-refractivity contribution < 1.29 is 5.11 Å². The predicted molar refractivity (Wildman–Crippen MR) is 93.9 cm³/mol. The second-order valence-corrected chi connectivity index (χ2v) is 7.71. The lowest BCUT2D eigenvalue weighted by molar-refractivity contribution is 0.130. The number of H-pyrrole nitrogens is 1. The summed E-state index contributed by atoms with van der Waals surface area (Å²) in [6.07, 6.45) is 7.34. The molecule has 3 N–H and O–H groups in total. The summed E-state index contributed by atoms with van der Waals surface area (Å²) in [7, 11) is 0. The van der Waals surface area contributed by atoms with Gasteiger partial charge in [-0.2, -0.15) is 10.2 Å². The molecule has 0 unspecified atom stereocenters. The number of hydrogen-bond donors (Lipinski definition) is 3. The Labute approximate surface area is 148 Å². The van der Waals surface area contributed by atoms with E-state index in [-0.39, 0.29) is 17.9 Å². The van der Waals surface area contributed by atoms with Gasteiger partial charge in [-0.3, -0.25) is 9.78 Å². The lowest BCUT2D eigenvalue weighted by Crippen LogP contribution is -2.29. The fourth-order valence-electron chi connectivity index (χ4n) is 4.06.